The molecule has 0 aromatic heterocycles. The number of fused-ring (bicyclic) bond motifs is 3. The van der Waals surface area contributed by atoms with Gasteiger partial charge in [-0.05, 0) is 54.8 Å². The molecular formula is C27H40O8. The van der Waals surface area contributed by atoms with Gasteiger partial charge in [0.05, 0.1) is 19.1 Å². The Balaban J connectivity index is 1.55. The number of carbonyl (C=O) groups is 2. The number of ketones is 1. The molecule has 0 radical (unpaired) electrons. The number of hydrogen-bond donors (Lipinski definition) is 3. The van der Waals surface area contributed by atoms with Crippen LogP contribution in [-0.2, 0) is 23.8 Å². The Kier molecular flexibility index (Phi) is 7.10. The van der Waals surface area contributed by atoms with Gasteiger partial charge in [0.15, 0.2) is 12.4 Å². The van der Waals surface area contributed by atoms with E-state index in [0.29, 0.717) is 12.3 Å². The van der Waals surface area contributed by atoms with Crippen LogP contribution in [0.4, 0.5) is 0 Å². The highest BCUT2D eigenvalue weighted by molar-refractivity contribution is 5.86. The molecule has 3 N–H and O–H groups in total. The zero-order valence-electron chi connectivity index (χ0n) is 21.2. The lowest BCUT2D eigenvalue weighted by molar-refractivity contribution is -0.301. The van der Waals surface area contributed by atoms with Crippen LogP contribution in [0.1, 0.15) is 59.3 Å². The highest BCUT2D eigenvalue weighted by Gasteiger charge is 2.59. The molecule has 3 fully saturated rings. The Morgan fingerprint density at radius 2 is 1.91 bits per heavy atom. The first-order valence-electron chi connectivity index (χ1n) is 12.6. The van der Waals surface area contributed by atoms with E-state index >= 15 is 0 Å². The standard InChI is InChI=1S/C27H40O8/c1-6-25(2)11-9-16-15(13-25)7-8-17-26(16,3)12-10-18(28)27(17,4)14-34-24-21(31)19(29)20(30)22(35-24)23(32)33-5/h6-7,16-17,19-22,24,29-31H,1,8-14H2,2-5H3/t16?,17-,19-,20+,21+,22+,24-,25+,26-,27-/m1/s1. The van der Waals surface area contributed by atoms with Crippen molar-refractivity contribution in [2.24, 2.45) is 28.1 Å². The Bertz CT molecular complexity index is 900. The van der Waals surface area contributed by atoms with Crippen LogP contribution in [0.25, 0.3) is 0 Å². The van der Waals surface area contributed by atoms with Gasteiger partial charge < -0.3 is 29.5 Å². The summed E-state index contributed by atoms with van der Waals surface area (Å²) in [4.78, 5) is 25.3. The summed E-state index contributed by atoms with van der Waals surface area (Å²) in [6.07, 6.45) is 1.81. The minimum absolute atomic E-state index is 0.0230. The van der Waals surface area contributed by atoms with E-state index in [1.54, 1.807) is 0 Å². The molecule has 1 aliphatic heterocycles. The van der Waals surface area contributed by atoms with Gasteiger partial charge in [-0.3, -0.25) is 4.79 Å². The van der Waals surface area contributed by atoms with E-state index in [2.05, 4.69) is 37.3 Å². The van der Waals surface area contributed by atoms with Crippen molar-refractivity contribution in [3.63, 3.8) is 0 Å². The molecule has 1 heterocycles. The summed E-state index contributed by atoms with van der Waals surface area (Å²) in [6.45, 7) is 10.5. The molecule has 8 nitrogen and oxygen atoms in total. The fourth-order valence-corrected chi connectivity index (χ4v) is 7.19. The van der Waals surface area contributed by atoms with Crippen molar-refractivity contribution in [1.29, 1.82) is 0 Å². The quantitative estimate of drug-likeness (QED) is 0.395. The number of ether oxygens (including phenoxy) is 3. The van der Waals surface area contributed by atoms with Crippen molar-refractivity contribution in [1.82, 2.24) is 0 Å². The molecule has 10 atom stereocenters. The summed E-state index contributed by atoms with van der Waals surface area (Å²) in [7, 11) is 1.14. The topological polar surface area (TPSA) is 123 Å². The first-order valence-corrected chi connectivity index (χ1v) is 12.6. The number of rotatable bonds is 5. The molecule has 4 aliphatic rings. The molecule has 196 valence electrons. The highest BCUT2D eigenvalue weighted by Crippen LogP contribution is 2.63. The van der Waals surface area contributed by atoms with Crippen LogP contribution in [0.2, 0.25) is 0 Å². The van der Waals surface area contributed by atoms with E-state index in [4.69, 9.17) is 9.47 Å². The number of aliphatic hydroxyl groups is 3. The van der Waals surface area contributed by atoms with E-state index in [9.17, 15) is 24.9 Å². The van der Waals surface area contributed by atoms with Crippen molar-refractivity contribution in [3.8, 4) is 0 Å². The normalized spacial score (nSPS) is 47.8. The predicted molar refractivity (Wildman–Crippen MR) is 127 cm³/mol. The minimum atomic E-state index is -1.65. The van der Waals surface area contributed by atoms with Gasteiger partial charge in [0, 0.05) is 6.42 Å². The Hall–Kier alpha value is -1.58. The molecule has 0 spiro atoms. The third-order valence-electron chi connectivity index (χ3n) is 9.61. The van der Waals surface area contributed by atoms with Crippen LogP contribution in [0.5, 0.6) is 0 Å². The molecule has 35 heavy (non-hydrogen) atoms. The van der Waals surface area contributed by atoms with Crippen LogP contribution in [0.15, 0.2) is 24.3 Å². The summed E-state index contributed by atoms with van der Waals surface area (Å²) in [5, 5.41) is 30.8. The molecule has 3 aliphatic carbocycles. The van der Waals surface area contributed by atoms with E-state index in [0.717, 1.165) is 39.2 Å². The largest absolute Gasteiger partial charge is 0.467 e. The van der Waals surface area contributed by atoms with Gasteiger partial charge in [-0.1, -0.05) is 38.5 Å². The Morgan fingerprint density at radius 3 is 2.57 bits per heavy atom. The lowest BCUT2D eigenvalue weighted by Gasteiger charge is -2.59. The zero-order valence-corrected chi connectivity index (χ0v) is 21.2. The first-order chi connectivity index (χ1) is 16.4. The van der Waals surface area contributed by atoms with Crippen molar-refractivity contribution >= 4 is 11.8 Å². The molecule has 4 rings (SSSR count). The summed E-state index contributed by atoms with van der Waals surface area (Å²) >= 11 is 0. The Labute approximate surface area is 207 Å². The average molecular weight is 493 g/mol. The zero-order chi connectivity index (χ0) is 25.8. The van der Waals surface area contributed by atoms with Gasteiger partial charge in [-0.15, -0.1) is 6.58 Å². The van der Waals surface area contributed by atoms with Gasteiger partial charge in [0.2, 0.25) is 0 Å². The van der Waals surface area contributed by atoms with Gasteiger partial charge in [0.25, 0.3) is 0 Å². The molecule has 0 aromatic carbocycles. The van der Waals surface area contributed by atoms with Gasteiger partial charge in [-0.2, -0.15) is 0 Å². The number of aliphatic hydroxyl groups excluding tert-OH is 3. The second-order valence-corrected chi connectivity index (χ2v) is 11.8. The number of Topliss-reactive ketones (excluding diaryl/α,β-unsaturated/α-hetero) is 1. The molecule has 1 saturated heterocycles. The SMILES string of the molecule is C=C[C@@]1(C)CCC2C(=CC[C@H]3[C@@](C)(CO[C@@H]4O[C@H](C(=O)OC)[C@@H](O)[C@@H](O)[C@@H]4O)C(=O)CC[C@]23C)C1. The van der Waals surface area contributed by atoms with Crippen LogP contribution >= 0.6 is 0 Å². The van der Waals surface area contributed by atoms with Crippen LogP contribution in [-0.4, -0.2) is 71.5 Å². The van der Waals surface area contributed by atoms with E-state index in [1.165, 1.54) is 5.57 Å². The number of methoxy groups -OCH3 is 1. The molecular weight excluding hydrogens is 452 g/mol. The number of carbonyl (C=O) groups excluding carboxylic acids is 2. The second kappa shape index (κ2) is 9.38. The van der Waals surface area contributed by atoms with Crippen molar-refractivity contribution in [2.45, 2.75) is 90.0 Å². The van der Waals surface area contributed by atoms with E-state index in [1.807, 2.05) is 6.92 Å². The second-order valence-electron chi connectivity index (χ2n) is 11.8. The fraction of sp³-hybridized carbons (Fsp3) is 0.778. The molecule has 0 aromatic rings. The smallest absolute Gasteiger partial charge is 0.337 e. The summed E-state index contributed by atoms with van der Waals surface area (Å²) in [5.74, 6) is -0.318. The minimum Gasteiger partial charge on any atom is -0.467 e. The summed E-state index contributed by atoms with van der Waals surface area (Å²) < 4.78 is 16.1. The lowest BCUT2D eigenvalue weighted by Crippen LogP contribution is -2.62. The number of allylic oxidation sites excluding steroid dienone is 3. The molecule has 2 saturated carbocycles. The van der Waals surface area contributed by atoms with Crippen molar-refractivity contribution in [3.05, 3.63) is 24.3 Å². The Morgan fingerprint density at radius 1 is 1.20 bits per heavy atom. The molecule has 1 unspecified atom stereocenters. The molecule has 8 heteroatoms. The summed E-state index contributed by atoms with van der Waals surface area (Å²) in [5.41, 5.74) is 0.700. The molecule has 0 bridgehead atoms. The third-order valence-corrected chi connectivity index (χ3v) is 9.61. The maximum Gasteiger partial charge on any atom is 0.337 e. The predicted octanol–water partition coefficient (Wildman–Crippen LogP) is 2.30. The lowest BCUT2D eigenvalue weighted by atomic mass is 9.45. The molecule has 0 amide bonds. The number of esters is 1. The summed E-state index contributed by atoms with van der Waals surface area (Å²) in [6, 6.07) is 0. The van der Waals surface area contributed by atoms with Crippen LogP contribution in [0, 0.1) is 28.1 Å². The number of hydrogen-bond acceptors (Lipinski definition) is 8. The van der Waals surface area contributed by atoms with Gasteiger partial charge in [0.1, 0.15) is 24.1 Å². The van der Waals surface area contributed by atoms with E-state index in [-0.39, 0.29) is 29.1 Å². The third kappa shape index (κ3) is 4.31. The van der Waals surface area contributed by atoms with Crippen LogP contribution in [0.3, 0.4) is 0 Å². The van der Waals surface area contributed by atoms with Crippen molar-refractivity contribution < 1.29 is 39.1 Å². The first kappa shape index (κ1) is 26.5. The van der Waals surface area contributed by atoms with Crippen LogP contribution < -0.4 is 0 Å². The van der Waals surface area contributed by atoms with Gasteiger partial charge in [-0.25, -0.2) is 4.79 Å². The van der Waals surface area contributed by atoms with E-state index < -0.39 is 42.1 Å². The maximum absolute atomic E-state index is 13.3. The fourth-order valence-electron chi connectivity index (χ4n) is 7.19. The monoisotopic (exact) mass is 492 g/mol. The maximum atomic E-state index is 13.3. The van der Waals surface area contributed by atoms with Crippen molar-refractivity contribution in [2.75, 3.05) is 13.7 Å². The highest BCUT2D eigenvalue weighted by atomic mass is 16.7. The average Bonchev–Trinajstić information content (AvgIpc) is 2.84. The van der Waals surface area contributed by atoms with Gasteiger partial charge >= 0.3 is 5.97 Å².